The first-order valence-electron chi connectivity index (χ1n) is 4.53. The summed E-state index contributed by atoms with van der Waals surface area (Å²) in [4.78, 5) is 0. The highest BCUT2D eigenvalue weighted by molar-refractivity contribution is 7.79. The molecule has 1 aromatic rings. The van der Waals surface area contributed by atoms with Crippen LogP contribution in [0.5, 0.6) is 0 Å². The smallest absolute Gasteiger partial charge is 0.271 e. The number of hydrogen-bond donors (Lipinski definition) is 4. The van der Waals surface area contributed by atoms with Crippen LogP contribution in [-0.4, -0.2) is 23.6 Å². The molecule has 5 N–H and O–H groups in total. The van der Waals surface area contributed by atoms with Crippen molar-refractivity contribution in [2.45, 2.75) is 19.4 Å². The van der Waals surface area contributed by atoms with E-state index in [1.165, 1.54) is 5.56 Å². The SMILES string of the molecule is CC(Cc1ccccc1)NN.O=S(=O)(O)O. The van der Waals surface area contributed by atoms with Crippen molar-refractivity contribution in [1.82, 2.24) is 5.43 Å². The van der Waals surface area contributed by atoms with Gasteiger partial charge in [-0.15, -0.1) is 0 Å². The van der Waals surface area contributed by atoms with Gasteiger partial charge in [0.2, 0.25) is 0 Å². The van der Waals surface area contributed by atoms with Crippen LogP contribution in [0.25, 0.3) is 0 Å². The minimum Gasteiger partial charge on any atom is -0.271 e. The summed E-state index contributed by atoms with van der Waals surface area (Å²) in [6.45, 7) is 2.06. The first-order chi connectivity index (χ1) is 7.33. The van der Waals surface area contributed by atoms with Crippen LogP contribution in [0.3, 0.4) is 0 Å². The predicted octanol–water partition coefficient (Wildman–Crippen LogP) is 0.428. The fraction of sp³-hybridized carbons (Fsp3) is 0.333. The summed E-state index contributed by atoms with van der Waals surface area (Å²) in [6, 6.07) is 10.7. The van der Waals surface area contributed by atoms with Crippen molar-refractivity contribution < 1.29 is 17.5 Å². The molecule has 0 aliphatic carbocycles. The molecular weight excluding hydrogens is 232 g/mol. The van der Waals surface area contributed by atoms with Crippen LogP contribution in [0.15, 0.2) is 30.3 Å². The van der Waals surface area contributed by atoms with Crippen molar-refractivity contribution in [2.75, 3.05) is 0 Å². The maximum absolute atomic E-state index is 8.74. The number of rotatable bonds is 3. The molecule has 0 saturated carbocycles. The molecule has 0 heterocycles. The first-order valence-corrected chi connectivity index (χ1v) is 5.92. The molecule has 1 aromatic carbocycles. The van der Waals surface area contributed by atoms with Crippen molar-refractivity contribution in [3.63, 3.8) is 0 Å². The summed E-state index contributed by atoms with van der Waals surface area (Å²) in [6.07, 6.45) is 0.983. The molecule has 0 amide bonds. The molecule has 92 valence electrons. The maximum atomic E-state index is 8.74. The third-order valence-electron chi connectivity index (χ3n) is 1.67. The Labute approximate surface area is 95.0 Å². The number of hydrazine groups is 1. The zero-order valence-electron chi connectivity index (χ0n) is 8.87. The lowest BCUT2D eigenvalue weighted by Crippen LogP contribution is -2.33. The molecule has 6 nitrogen and oxygen atoms in total. The zero-order valence-corrected chi connectivity index (χ0v) is 9.68. The fourth-order valence-electron chi connectivity index (χ4n) is 1.03. The van der Waals surface area contributed by atoms with Gasteiger partial charge in [-0.2, -0.15) is 8.42 Å². The van der Waals surface area contributed by atoms with Gasteiger partial charge in [0.15, 0.2) is 0 Å². The summed E-state index contributed by atoms with van der Waals surface area (Å²) in [7, 11) is -4.67. The van der Waals surface area contributed by atoms with Gasteiger partial charge in [0.05, 0.1) is 0 Å². The van der Waals surface area contributed by atoms with E-state index in [0.29, 0.717) is 6.04 Å². The molecule has 0 aromatic heterocycles. The Morgan fingerprint density at radius 1 is 1.31 bits per heavy atom. The maximum Gasteiger partial charge on any atom is 0.394 e. The topological polar surface area (TPSA) is 113 Å². The third-order valence-corrected chi connectivity index (χ3v) is 1.67. The Balaban J connectivity index is 0.000000385. The second-order valence-corrected chi connectivity index (χ2v) is 4.10. The van der Waals surface area contributed by atoms with E-state index in [1.807, 2.05) is 18.2 Å². The lowest BCUT2D eigenvalue weighted by atomic mass is 10.1. The average Bonchev–Trinajstić information content (AvgIpc) is 2.16. The largest absolute Gasteiger partial charge is 0.394 e. The molecule has 1 atom stereocenters. The van der Waals surface area contributed by atoms with E-state index in [2.05, 4.69) is 24.5 Å². The molecule has 0 aliphatic heterocycles. The summed E-state index contributed by atoms with van der Waals surface area (Å²) in [5, 5.41) is 0. The van der Waals surface area contributed by atoms with Crippen LogP contribution in [0.1, 0.15) is 12.5 Å². The summed E-state index contributed by atoms with van der Waals surface area (Å²) in [5.41, 5.74) is 4.03. The number of nitrogens with one attached hydrogen (secondary N) is 1. The van der Waals surface area contributed by atoms with Crippen molar-refractivity contribution in [2.24, 2.45) is 5.84 Å². The highest BCUT2D eigenvalue weighted by Crippen LogP contribution is 2.01. The van der Waals surface area contributed by atoms with Gasteiger partial charge in [-0.1, -0.05) is 30.3 Å². The predicted molar refractivity (Wildman–Crippen MR) is 61.1 cm³/mol. The van der Waals surface area contributed by atoms with Gasteiger partial charge in [-0.05, 0) is 18.9 Å². The molecule has 16 heavy (non-hydrogen) atoms. The van der Waals surface area contributed by atoms with E-state index < -0.39 is 10.4 Å². The highest BCUT2D eigenvalue weighted by Gasteiger charge is 1.98. The Kier molecular flexibility index (Phi) is 6.86. The lowest BCUT2D eigenvalue weighted by Gasteiger charge is -2.08. The molecule has 7 heteroatoms. The van der Waals surface area contributed by atoms with E-state index in [9.17, 15) is 0 Å². The van der Waals surface area contributed by atoms with Gasteiger partial charge in [0.1, 0.15) is 0 Å². The Hall–Kier alpha value is -0.990. The molecule has 0 aliphatic rings. The second kappa shape index (κ2) is 7.31. The highest BCUT2D eigenvalue weighted by atomic mass is 32.3. The number of benzene rings is 1. The average molecular weight is 248 g/mol. The van der Waals surface area contributed by atoms with E-state index in [1.54, 1.807) is 0 Å². The van der Waals surface area contributed by atoms with E-state index in [4.69, 9.17) is 23.4 Å². The summed E-state index contributed by atoms with van der Waals surface area (Å²) < 4.78 is 31.6. The molecule has 1 rings (SSSR count). The molecule has 0 bridgehead atoms. The molecular formula is C9H16N2O4S. The quantitative estimate of drug-likeness (QED) is 0.350. The van der Waals surface area contributed by atoms with Crippen LogP contribution in [0.2, 0.25) is 0 Å². The Bertz CT molecular complexity index is 372. The third kappa shape index (κ3) is 11.1. The minimum atomic E-state index is -4.67. The summed E-state index contributed by atoms with van der Waals surface area (Å²) in [5.74, 6) is 5.27. The lowest BCUT2D eigenvalue weighted by molar-refractivity contribution is 0.381. The van der Waals surface area contributed by atoms with Crippen molar-refractivity contribution >= 4 is 10.4 Å². The molecule has 1 unspecified atom stereocenters. The van der Waals surface area contributed by atoms with Gasteiger partial charge in [0.25, 0.3) is 0 Å². The fourth-order valence-corrected chi connectivity index (χ4v) is 1.03. The van der Waals surface area contributed by atoms with Crippen molar-refractivity contribution in [3.8, 4) is 0 Å². The molecule has 0 radical (unpaired) electrons. The van der Waals surface area contributed by atoms with Gasteiger partial charge < -0.3 is 0 Å². The van der Waals surface area contributed by atoms with Gasteiger partial charge in [-0.25, -0.2) is 0 Å². The number of hydrogen-bond acceptors (Lipinski definition) is 4. The van der Waals surface area contributed by atoms with Crippen LogP contribution in [0, 0.1) is 0 Å². The van der Waals surface area contributed by atoms with Gasteiger partial charge in [0, 0.05) is 6.04 Å². The zero-order chi connectivity index (χ0) is 12.6. The molecule has 0 saturated heterocycles. The van der Waals surface area contributed by atoms with E-state index >= 15 is 0 Å². The van der Waals surface area contributed by atoms with Crippen molar-refractivity contribution in [1.29, 1.82) is 0 Å². The van der Waals surface area contributed by atoms with Crippen LogP contribution in [-0.2, 0) is 16.8 Å². The molecule has 0 spiro atoms. The summed E-state index contributed by atoms with van der Waals surface area (Å²) >= 11 is 0. The van der Waals surface area contributed by atoms with Gasteiger partial charge >= 0.3 is 10.4 Å². The standard InChI is InChI=1S/C9H14N2.H2O4S/c1-8(11-10)7-9-5-3-2-4-6-9;1-5(2,3)4/h2-6,8,11H,7,10H2,1H3;(H2,1,2,3,4). The van der Waals surface area contributed by atoms with Gasteiger partial charge in [-0.3, -0.25) is 20.4 Å². The normalized spacial score (nSPS) is 12.5. The van der Waals surface area contributed by atoms with Crippen molar-refractivity contribution in [3.05, 3.63) is 35.9 Å². The van der Waals surface area contributed by atoms with E-state index in [0.717, 1.165) is 6.42 Å². The molecule has 0 fully saturated rings. The monoisotopic (exact) mass is 248 g/mol. The van der Waals surface area contributed by atoms with Crippen LogP contribution in [0.4, 0.5) is 0 Å². The minimum absolute atomic E-state index is 0.345. The van der Waals surface area contributed by atoms with Crippen LogP contribution < -0.4 is 11.3 Å². The Morgan fingerprint density at radius 2 is 1.75 bits per heavy atom. The Morgan fingerprint density at radius 3 is 2.12 bits per heavy atom. The van der Waals surface area contributed by atoms with Crippen LogP contribution >= 0.6 is 0 Å². The second-order valence-electron chi connectivity index (χ2n) is 3.21. The number of nitrogens with two attached hydrogens (primary N) is 1. The first kappa shape index (κ1) is 15.0. The van der Waals surface area contributed by atoms with E-state index in [-0.39, 0.29) is 0 Å².